The van der Waals surface area contributed by atoms with Gasteiger partial charge in [0.05, 0.1) is 13.1 Å². The van der Waals surface area contributed by atoms with E-state index >= 15 is 0 Å². The Kier molecular flexibility index (Phi) is 3.44. The summed E-state index contributed by atoms with van der Waals surface area (Å²) in [6.45, 7) is 0.871. The molecule has 6 heteroatoms. The summed E-state index contributed by atoms with van der Waals surface area (Å²) in [6.07, 6.45) is 8.96. The summed E-state index contributed by atoms with van der Waals surface area (Å²) >= 11 is 0. The monoisotopic (exact) mass is 235 g/mol. The molecule has 90 valence electrons. The number of hydrogen-bond donors (Lipinski definition) is 2. The molecule has 0 unspecified atom stereocenters. The zero-order chi connectivity index (χ0) is 12.1. The second kappa shape index (κ2) is 5.20. The molecule has 0 bridgehead atoms. The van der Waals surface area contributed by atoms with E-state index in [2.05, 4.69) is 9.97 Å². The lowest BCUT2D eigenvalue weighted by Crippen LogP contribution is -2.24. The Morgan fingerprint density at radius 2 is 2.53 bits per heavy atom. The summed E-state index contributed by atoms with van der Waals surface area (Å²) in [5, 5.41) is 8.52. The van der Waals surface area contributed by atoms with Crippen LogP contribution >= 0.6 is 0 Å². The molecule has 0 aromatic carbocycles. The fourth-order valence-corrected chi connectivity index (χ4v) is 1.51. The zero-order valence-corrected chi connectivity index (χ0v) is 9.17. The molecule has 1 aliphatic heterocycles. The predicted molar refractivity (Wildman–Crippen MR) is 59.8 cm³/mol. The highest BCUT2D eigenvalue weighted by molar-refractivity contribution is 5.68. The third-order valence-electron chi connectivity index (χ3n) is 2.23. The molecule has 1 aromatic heterocycles. The van der Waals surface area contributed by atoms with Crippen LogP contribution in [0.2, 0.25) is 0 Å². The molecular weight excluding hydrogens is 222 g/mol. The molecule has 2 rings (SSSR count). The third-order valence-corrected chi connectivity index (χ3v) is 2.23. The van der Waals surface area contributed by atoms with Crippen molar-refractivity contribution in [3.63, 3.8) is 0 Å². The highest BCUT2D eigenvalue weighted by atomic mass is 16.5. The van der Waals surface area contributed by atoms with Crippen LogP contribution in [0.3, 0.4) is 0 Å². The standard InChI is InChI=1S/C11H13N3O3/c15-11(16)8-17-9-2-1-5-14(6-9)7-10-12-3-4-13-10/h1-5H,6-8H2,(H,12,13)(H,15,16). The summed E-state index contributed by atoms with van der Waals surface area (Å²) in [5.74, 6) is 0.522. The van der Waals surface area contributed by atoms with E-state index in [1.807, 2.05) is 17.2 Å². The number of nitrogens with one attached hydrogen (secondary N) is 1. The normalized spacial score (nSPS) is 14.6. The minimum atomic E-state index is -0.974. The van der Waals surface area contributed by atoms with Crippen molar-refractivity contribution < 1.29 is 14.6 Å². The van der Waals surface area contributed by atoms with Gasteiger partial charge in [-0.1, -0.05) is 0 Å². The Bertz CT molecular complexity index is 437. The van der Waals surface area contributed by atoms with Gasteiger partial charge in [-0.3, -0.25) is 0 Å². The van der Waals surface area contributed by atoms with Gasteiger partial charge in [-0.2, -0.15) is 0 Å². The summed E-state index contributed by atoms with van der Waals surface area (Å²) < 4.78 is 5.13. The van der Waals surface area contributed by atoms with Crippen molar-refractivity contribution in [2.45, 2.75) is 6.54 Å². The van der Waals surface area contributed by atoms with Gasteiger partial charge in [0.1, 0.15) is 11.6 Å². The van der Waals surface area contributed by atoms with Gasteiger partial charge in [-0.05, 0) is 12.2 Å². The molecule has 0 saturated carbocycles. The topological polar surface area (TPSA) is 78.5 Å². The lowest BCUT2D eigenvalue weighted by Gasteiger charge is -2.23. The molecule has 6 nitrogen and oxygen atoms in total. The van der Waals surface area contributed by atoms with E-state index < -0.39 is 5.97 Å². The summed E-state index contributed by atoms with van der Waals surface area (Å²) in [5.41, 5.74) is 0. The highest BCUT2D eigenvalue weighted by Crippen LogP contribution is 2.10. The van der Waals surface area contributed by atoms with E-state index in [0.29, 0.717) is 18.8 Å². The second-order valence-corrected chi connectivity index (χ2v) is 3.60. The van der Waals surface area contributed by atoms with Gasteiger partial charge in [0, 0.05) is 18.6 Å². The quantitative estimate of drug-likeness (QED) is 0.786. The molecule has 0 amide bonds. The van der Waals surface area contributed by atoms with Crippen LogP contribution in [0.1, 0.15) is 5.82 Å². The van der Waals surface area contributed by atoms with Crippen LogP contribution in [0.15, 0.2) is 36.5 Å². The second-order valence-electron chi connectivity index (χ2n) is 3.60. The van der Waals surface area contributed by atoms with Gasteiger partial charge >= 0.3 is 5.97 Å². The van der Waals surface area contributed by atoms with Crippen LogP contribution < -0.4 is 0 Å². The third kappa shape index (κ3) is 3.37. The fourth-order valence-electron chi connectivity index (χ4n) is 1.51. The molecule has 0 spiro atoms. The molecule has 0 saturated heterocycles. The van der Waals surface area contributed by atoms with E-state index in [4.69, 9.17) is 9.84 Å². The van der Waals surface area contributed by atoms with Crippen molar-refractivity contribution in [1.29, 1.82) is 0 Å². The lowest BCUT2D eigenvalue weighted by atomic mass is 10.3. The smallest absolute Gasteiger partial charge is 0.341 e. The van der Waals surface area contributed by atoms with Gasteiger partial charge in [0.15, 0.2) is 6.61 Å². The number of aromatic nitrogens is 2. The molecule has 2 N–H and O–H groups in total. The van der Waals surface area contributed by atoms with Crippen LogP contribution in [0.25, 0.3) is 0 Å². The molecular formula is C11H13N3O3. The van der Waals surface area contributed by atoms with Gasteiger partial charge in [-0.25, -0.2) is 9.78 Å². The molecule has 0 fully saturated rings. The van der Waals surface area contributed by atoms with Crippen molar-refractivity contribution in [2.75, 3.05) is 13.2 Å². The Morgan fingerprint density at radius 3 is 3.24 bits per heavy atom. The number of rotatable bonds is 5. The Hall–Kier alpha value is -2.24. The zero-order valence-electron chi connectivity index (χ0n) is 9.17. The number of ether oxygens (including phenoxy) is 1. The Balaban J connectivity index is 1.86. The van der Waals surface area contributed by atoms with Crippen LogP contribution in [0, 0.1) is 0 Å². The maximum absolute atomic E-state index is 10.4. The molecule has 1 aliphatic rings. The van der Waals surface area contributed by atoms with Gasteiger partial charge in [0.2, 0.25) is 0 Å². The van der Waals surface area contributed by atoms with Crippen molar-refractivity contribution in [1.82, 2.24) is 14.9 Å². The number of imidazole rings is 1. The molecule has 1 aromatic rings. The van der Waals surface area contributed by atoms with Crippen LogP contribution in [-0.4, -0.2) is 39.1 Å². The number of carboxylic acids is 1. The van der Waals surface area contributed by atoms with E-state index in [-0.39, 0.29) is 6.61 Å². The number of aliphatic carboxylic acids is 1. The van der Waals surface area contributed by atoms with E-state index in [9.17, 15) is 4.79 Å². The highest BCUT2D eigenvalue weighted by Gasteiger charge is 2.11. The number of carbonyl (C=O) groups is 1. The first kappa shape index (κ1) is 11.3. The average molecular weight is 235 g/mol. The number of allylic oxidation sites excluding steroid dienone is 2. The first-order chi connectivity index (χ1) is 8.24. The largest absolute Gasteiger partial charge is 0.484 e. The van der Waals surface area contributed by atoms with Crippen LogP contribution in [-0.2, 0) is 16.1 Å². The molecule has 2 heterocycles. The lowest BCUT2D eigenvalue weighted by molar-refractivity contribution is -0.140. The van der Waals surface area contributed by atoms with E-state index in [1.165, 1.54) is 0 Å². The molecule has 17 heavy (non-hydrogen) atoms. The molecule has 0 radical (unpaired) electrons. The van der Waals surface area contributed by atoms with Crippen molar-refractivity contribution >= 4 is 5.97 Å². The maximum atomic E-state index is 10.4. The average Bonchev–Trinajstić information content (AvgIpc) is 2.80. The minimum absolute atomic E-state index is 0.311. The number of carboxylic acid groups (broad SMARTS) is 1. The fraction of sp³-hybridized carbons (Fsp3) is 0.273. The molecule has 0 aliphatic carbocycles. The van der Waals surface area contributed by atoms with Gasteiger partial charge < -0.3 is 19.7 Å². The Morgan fingerprint density at radius 1 is 1.65 bits per heavy atom. The molecule has 0 atom stereocenters. The Labute approximate surface area is 98.2 Å². The van der Waals surface area contributed by atoms with Gasteiger partial charge in [0.25, 0.3) is 0 Å². The van der Waals surface area contributed by atoms with Gasteiger partial charge in [-0.15, -0.1) is 0 Å². The number of aromatic amines is 1. The summed E-state index contributed by atoms with van der Waals surface area (Å²) in [6, 6.07) is 0. The van der Waals surface area contributed by atoms with Crippen molar-refractivity contribution in [3.8, 4) is 0 Å². The van der Waals surface area contributed by atoms with Crippen molar-refractivity contribution in [2.24, 2.45) is 0 Å². The number of H-pyrrole nitrogens is 1. The predicted octanol–water partition coefficient (Wildman–Crippen LogP) is 0.724. The van der Waals surface area contributed by atoms with E-state index in [0.717, 1.165) is 5.82 Å². The van der Waals surface area contributed by atoms with Crippen LogP contribution in [0.4, 0.5) is 0 Å². The first-order valence-electron chi connectivity index (χ1n) is 5.18. The first-order valence-corrected chi connectivity index (χ1v) is 5.18. The van der Waals surface area contributed by atoms with Crippen molar-refractivity contribution in [3.05, 3.63) is 42.3 Å². The van der Waals surface area contributed by atoms with E-state index in [1.54, 1.807) is 18.5 Å². The number of nitrogens with zero attached hydrogens (tertiary/aromatic N) is 2. The summed E-state index contributed by atoms with van der Waals surface area (Å²) in [4.78, 5) is 19.5. The van der Waals surface area contributed by atoms with Crippen LogP contribution in [0.5, 0.6) is 0 Å². The minimum Gasteiger partial charge on any atom is -0.484 e. The SMILES string of the molecule is O=C(O)COC1=CC=CN(Cc2ncc[nH]2)C1. The number of hydrogen-bond acceptors (Lipinski definition) is 4. The maximum Gasteiger partial charge on any atom is 0.341 e. The summed E-state index contributed by atoms with van der Waals surface area (Å²) in [7, 11) is 0.